The van der Waals surface area contributed by atoms with Gasteiger partial charge in [-0.05, 0) is 55.5 Å². The molecule has 0 atom stereocenters. The Kier molecular flexibility index (Phi) is 5.48. The first-order valence-corrected chi connectivity index (χ1v) is 6.51. The van der Waals surface area contributed by atoms with E-state index < -0.39 is 0 Å². The largest absolute Gasteiger partial charge is 0.496 e. The van der Waals surface area contributed by atoms with E-state index in [-0.39, 0.29) is 11.8 Å². The van der Waals surface area contributed by atoms with Crippen LogP contribution in [0.25, 0.3) is 0 Å². The molecule has 4 heteroatoms. The molecule has 0 unspecified atom stereocenters. The van der Waals surface area contributed by atoms with Crippen molar-refractivity contribution >= 4 is 17.5 Å². The van der Waals surface area contributed by atoms with E-state index in [1.165, 1.54) is 16.7 Å². The molecule has 0 fully saturated rings. The second kappa shape index (κ2) is 6.64. The summed E-state index contributed by atoms with van der Waals surface area (Å²) in [5.74, 6) is 0.801. The second-order valence-electron chi connectivity index (χ2n) is 4.36. The highest BCUT2D eigenvalue weighted by molar-refractivity contribution is 6.27. The van der Waals surface area contributed by atoms with Gasteiger partial charge in [-0.25, -0.2) is 0 Å². The summed E-state index contributed by atoms with van der Waals surface area (Å²) < 4.78 is 5.33. The number of carbonyl (C=O) groups excluding carboxylic acids is 1. The Balaban J connectivity index is 2.83. The van der Waals surface area contributed by atoms with Crippen molar-refractivity contribution in [2.24, 2.45) is 0 Å². The molecule has 1 rings (SSSR count). The van der Waals surface area contributed by atoms with Crippen molar-refractivity contribution in [1.82, 2.24) is 5.32 Å². The fourth-order valence-electron chi connectivity index (χ4n) is 2.07. The van der Waals surface area contributed by atoms with E-state index in [1.54, 1.807) is 7.11 Å². The highest BCUT2D eigenvalue weighted by Gasteiger charge is 2.10. The lowest BCUT2D eigenvalue weighted by Gasteiger charge is -2.16. The minimum atomic E-state index is -0.128. The van der Waals surface area contributed by atoms with Gasteiger partial charge in [0.15, 0.2) is 0 Å². The lowest BCUT2D eigenvalue weighted by molar-refractivity contribution is -0.118. The molecule has 1 amide bonds. The Morgan fingerprint density at radius 1 is 1.33 bits per heavy atom. The monoisotopic (exact) mass is 269 g/mol. The van der Waals surface area contributed by atoms with Crippen LogP contribution in [0.5, 0.6) is 5.75 Å². The van der Waals surface area contributed by atoms with Crippen LogP contribution < -0.4 is 10.1 Å². The fourth-order valence-corrected chi connectivity index (χ4v) is 2.16. The highest BCUT2D eigenvalue weighted by atomic mass is 35.5. The summed E-state index contributed by atoms with van der Waals surface area (Å²) in [4.78, 5) is 11.1. The number of nitrogens with one attached hydrogen (secondary N) is 1. The van der Waals surface area contributed by atoms with Crippen LogP contribution in [0.1, 0.15) is 22.3 Å². The minimum absolute atomic E-state index is 0.0135. The van der Waals surface area contributed by atoms with Gasteiger partial charge in [0, 0.05) is 6.54 Å². The molecule has 1 aromatic rings. The van der Waals surface area contributed by atoms with Gasteiger partial charge in [0.1, 0.15) is 11.6 Å². The predicted octanol–water partition coefficient (Wildman–Crippen LogP) is 2.52. The van der Waals surface area contributed by atoms with Crippen LogP contribution in [-0.4, -0.2) is 25.4 Å². The molecule has 0 spiro atoms. The van der Waals surface area contributed by atoms with E-state index in [9.17, 15) is 4.79 Å². The maximum atomic E-state index is 11.1. The van der Waals surface area contributed by atoms with Gasteiger partial charge in [-0.3, -0.25) is 4.79 Å². The molecule has 0 aromatic heterocycles. The number of ether oxygens (including phenoxy) is 1. The number of rotatable bonds is 5. The predicted molar refractivity (Wildman–Crippen MR) is 74.6 cm³/mol. The van der Waals surface area contributed by atoms with Crippen molar-refractivity contribution in [3.63, 3.8) is 0 Å². The number of alkyl halides is 1. The number of aryl methyl sites for hydroxylation is 1. The third-order valence-electron chi connectivity index (χ3n) is 3.25. The van der Waals surface area contributed by atoms with Crippen LogP contribution in [0.4, 0.5) is 0 Å². The Hall–Kier alpha value is -1.22. The summed E-state index contributed by atoms with van der Waals surface area (Å²) >= 11 is 5.43. The molecule has 0 radical (unpaired) electrons. The number of hydrogen-bond donors (Lipinski definition) is 1. The fraction of sp³-hybridized carbons (Fsp3) is 0.500. The normalized spacial score (nSPS) is 10.3. The quantitative estimate of drug-likeness (QED) is 0.834. The van der Waals surface area contributed by atoms with Crippen molar-refractivity contribution in [3.05, 3.63) is 28.3 Å². The van der Waals surface area contributed by atoms with Gasteiger partial charge in [-0.1, -0.05) is 0 Å². The molecule has 0 aliphatic heterocycles. The Labute approximate surface area is 113 Å². The van der Waals surface area contributed by atoms with Crippen LogP contribution in [0, 0.1) is 20.8 Å². The molecule has 0 bridgehead atoms. The molecule has 0 aliphatic carbocycles. The van der Waals surface area contributed by atoms with E-state index in [0.717, 1.165) is 17.7 Å². The van der Waals surface area contributed by atoms with E-state index in [4.69, 9.17) is 16.3 Å². The summed E-state index contributed by atoms with van der Waals surface area (Å²) in [5.41, 5.74) is 4.84. The molecule has 0 aliphatic rings. The third-order valence-corrected chi connectivity index (χ3v) is 3.49. The topological polar surface area (TPSA) is 38.3 Å². The summed E-state index contributed by atoms with van der Waals surface area (Å²) in [6, 6.07) is 2.04. The Morgan fingerprint density at radius 3 is 2.56 bits per heavy atom. The first-order chi connectivity index (χ1) is 8.51. The molecule has 18 heavy (non-hydrogen) atoms. The zero-order valence-corrected chi connectivity index (χ0v) is 12.1. The number of amides is 1. The van der Waals surface area contributed by atoms with Gasteiger partial charge in [-0.15, -0.1) is 11.6 Å². The molecular weight excluding hydrogens is 250 g/mol. The van der Waals surface area contributed by atoms with Crippen LogP contribution in [0.3, 0.4) is 0 Å². The highest BCUT2D eigenvalue weighted by Crippen LogP contribution is 2.27. The molecular formula is C14H20ClNO2. The van der Waals surface area contributed by atoms with Crippen LogP contribution in [0.15, 0.2) is 6.07 Å². The molecule has 0 saturated carbocycles. The third kappa shape index (κ3) is 3.39. The number of carbonyl (C=O) groups is 1. The first kappa shape index (κ1) is 14.8. The maximum absolute atomic E-state index is 11.1. The molecule has 0 heterocycles. The zero-order valence-electron chi connectivity index (χ0n) is 11.4. The van der Waals surface area contributed by atoms with Crippen molar-refractivity contribution in [2.75, 3.05) is 19.5 Å². The number of halogens is 1. The maximum Gasteiger partial charge on any atom is 0.234 e. The zero-order chi connectivity index (χ0) is 13.7. The summed E-state index contributed by atoms with van der Waals surface area (Å²) in [6.07, 6.45) is 0.811. The number of benzene rings is 1. The minimum Gasteiger partial charge on any atom is -0.496 e. The standard InChI is InChI=1S/C14H20ClNO2/c1-9-7-13(18-4)11(3)10(2)12(9)5-6-16-14(17)8-15/h7H,5-6,8H2,1-4H3,(H,16,17). The molecule has 100 valence electrons. The molecule has 0 saturated heterocycles. The Morgan fingerprint density at radius 2 is 2.00 bits per heavy atom. The Bertz CT molecular complexity index is 444. The van der Waals surface area contributed by atoms with E-state index in [2.05, 4.69) is 26.1 Å². The number of methoxy groups -OCH3 is 1. The lowest BCUT2D eigenvalue weighted by atomic mass is 9.95. The van der Waals surface area contributed by atoms with Crippen LogP contribution in [-0.2, 0) is 11.2 Å². The van der Waals surface area contributed by atoms with Gasteiger partial charge in [0.2, 0.25) is 5.91 Å². The first-order valence-electron chi connectivity index (χ1n) is 5.97. The number of hydrogen-bond acceptors (Lipinski definition) is 2. The SMILES string of the molecule is COc1cc(C)c(CCNC(=O)CCl)c(C)c1C. The lowest BCUT2D eigenvalue weighted by Crippen LogP contribution is -2.27. The van der Waals surface area contributed by atoms with Gasteiger partial charge < -0.3 is 10.1 Å². The average Bonchev–Trinajstić information content (AvgIpc) is 2.37. The van der Waals surface area contributed by atoms with Crippen LogP contribution in [0.2, 0.25) is 0 Å². The molecule has 1 N–H and O–H groups in total. The molecule has 3 nitrogen and oxygen atoms in total. The van der Waals surface area contributed by atoms with E-state index in [1.807, 2.05) is 6.07 Å². The second-order valence-corrected chi connectivity index (χ2v) is 4.63. The van der Waals surface area contributed by atoms with Crippen molar-refractivity contribution in [1.29, 1.82) is 0 Å². The van der Waals surface area contributed by atoms with Crippen molar-refractivity contribution < 1.29 is 9.53 Å². The summed E-state index contributed by atoms with van der Waals surface area (Å²) in [7, 11) is 1.68. The molecule has 1 aromatic carbocycles. The van der Waals surface area contributed by atoms with E-state index in [0.29, 0.717) is 6.54 Å². The smallest absolute Gasteiger partial charge is 0.234 e. The van der Waals surface area contributed by atoms with Gasteiger partial charge in [0.25, 0.3) is 0 Å². The van der Waals surface area contributed by atoms with Gasteiger partial charge >= 0.3 is 0 Å². The summed E-state index contributed by atoms with van der Waals surface area (Å²) in [5, 5.41) is 2.78. The van der Waals surface area contributed by atoms with Gasteiger partial charge in [-0.2, -0.15) is 0 Å². The van der Waals surface area contributed by atoms with Crippen molar-refractivity contribution in [2.45, 2.75) is 27.2 Å². The van der Waals surface area contributed by atoms with Gasteiger partial charge in [0.05, 0.1) is 7.11 Å². The average molecular weight is 270 g/mol. The van der Waals surface area contributed by atoms with E-state index >= 15 is 0 Å². The summed E-state index contributed by atoms with van der Waals surface area (Å²) in [6.45, 7) is 6.81. The van der Waals surface area contributed by atoms with Crippen molar-refractivity contribution in [3.8, 4) is 5.75 Å². The van der Waals surface area contributed by atoms with Crippen LogP contribution >= 0.6 is 11.6 Å².